The summed E-state index contributed by atoms with van der Waals surface area (Å²) in [6, 6.07) is 7.62. The average molecular weight is 177 g/mol. The van der Waals surface area contributed by atoms with Crippen LogP contribution >= 0.6 is 0 Å². The van der Waals surface area contributed by atoms with E-state index < -0.39 is 12.1 Å². The van der Waals surface area contributed by atoms with Crippen LogP contribution in [0.5, 0.6) is 0 Å². The van der Waals surface area contributed by atoms with Gasteiger partial charge < -0.3 is 14.6 Å². The average Bonchev–Trinajstić information content (AvgIpc) is 2.85. The van der Waals surface area contributed by atoms with Gasteiger partial charge in [0.1, 0.15) is 12.2 Å². The minimum absolute atomic E-state index is 0.300. The summed E-state index contributed by atoms with van der Waals surface area (Å²) in [4.78, 5) is 10.4. The van der Waals surface area contributed by atoms with E-state index in [1.807, 2.05) is 31.2 Å². The number of rotatable bonds is 2. The second-order valence-corrected chi connectivity index (χ2v) is 3.21. The normalized spacial score (nSPS) is 25.6. The third kappa shape index (κ3) is 1.55. The highest BCUT2D eigenvalue weighted by molar-refractivity contribution is 5.74. The Morgan fingerprint density at radius 3 is 2.46 bits per heavy atom. The Bertz CT molecular complexity index is 329. The molecule has 68 valence electrons. The van der Waals surface area contributed by atoms with Gasteiger partial charge in [0.15, 0.2) is 0 Å². The fourth-order valence-electron chi connectivity index (χ4n) is 1.30. The maximum atomic E-state index is 10.4. The van der Waals surface area contributed by atoms with Gasteiger partial charge in [0.2, 0.25) is 0 Å². The Morgan fingerprint density at radius 2 is 2.00 bits per heavy atom. The molecular weight excluding hydrogens is 168 g/mol. The molecule has 0 bridgehead atoms. The predicted molar refractivity (Wildman–Crippen MR) is 43.8 cm³/mol. The van der Waals surface area contributed by atoms with E-state index in [2.05, 4.69) is 0 Å². The topological polar surface area (TPSA) is 52.7 Å². The van der Waals surface area contributed by atoms with Crippen molar-refractivity contribution in [3.63, 3.8) is 0 Å². The number of carbonyl (C=O) groups is 1. The number of hydrogen-bond donors (Lipinski definition) is 0. The molecule has 0 spiro atoms. The van der Waals surface area contributed by atoms with E-state index in [1.54, 1.807) is 0 Å². The van der Waals surface area contributed by atoms with E-state index in [1.165, 1.54) is 0 Å². The summed E-state index contributed by atoms with van der Waals surface area (Å²) in [6.45, 7) is 1.98. The van der Waals surface area contributed by atoms with Crippen molar-refractivity contribution >= 4 is 5.97 Å². The SMILES string of the molecule is Cc1ccc(C2OC2C(=O)[O-])cc1. The molecule has 1 aliphatic rings. The molecule has 3 heteroatoms. The van der Waals surface area contributed by atoms with Gasteiger partial charge in [-0.05, 0) is 12.5 Å². The summed E-state index contributed by atoms with van der Waals surface area (Å²) in [5, 5.41) is 10.4. The summed E-state index contributed by atoms with van der Waals surface area (Å²) in [7, 11) is 0. The first-order valence-electron chi connectivity index (χ1n) is 4.11. The summed E-state index contributed by atoms with van der Waals surface area (Å²) >= 11 is 0. The van der Waals surface area contributed by atoms with Gasteiger partial charge in [-0.25, -0.2) is 0 Å². The Morgan fingerprint density at radius 1 is 1.38 bits per heavy atom. The molecule has 0 saturated carbocycles. The van der Waals surface area contributed by atoms with Crippen LogP contribution in [0.15, 0.2) is 24.3 Å². The van der Waals surface area contributed by atoms with E-state index in [0.717, 1.165) is 11.1 Å². The van der Waals surface area contributed by atoms with Crippen molar-refractivity contribution < 1.29 is 14.6 Å². The van der Waals surface area contributed by atoms with Crippen LogP contribution in [0.4, 0.5) is 0 Å². The van der Waals surface area contributed by atoms with Crippen molar-refractivity contribution in [3.05, 3.63) is 35.4 Å². The molecular formula is C10H9O3-. The fraction of sp³-hybridized carbons (Fsp3) is 0.300. The molecule has 1 saturated heterocycles. The van der Waals surface area contributed by atoms with Crippen LogP contribution in [-0.4, -0.2) is 12.1 Å². The molecule has 3 nitrogen and oxygen atoms in total. The van der Waals surface area contributed by atoms with Crippen molar-refractivity contribution in [1.29, 1.82) is 0 Å². The van der Waals surface area contributed by atoms with Gasteiger partial charge in [-0.1, -0.05) is 29.8 Å². The maximum Gasteiger partial charge on any atom is 0.128 e. The standard InChI is InChI=1S/C10H10O3/c1-6-2-4-7(5-3-6)8-9(13-8)10(11)12/h2-5,8-9H,1H3,(H,11,12)/p-1. The molecule has 0 aliphatic carbocycles. The summed E-state index contributed by atoms with van der Waals surface area (Å²) < 4.78 is 4.94. The van der Waals surface area contributed by atoms with Crippen molar-refractivity contribution in [2.24, 2.45) is 0 Å². The summed E-state index contributed by atoms with van der Waals surface area (Å²) in [5.41, 5.74) is 2.05. The minimum atomic E-state index is -1.13. The Hall–Kier alpha value is -1.35. The van der Waals surface area contributed by atoms with Crippen LogP contribution in [0, 0.1) is 6.92 Å². The van der Waals surface area contributed by atoms with Gasteiger partial charge in [0.05, 0.1) is 5.97 Å². The summed E-state index contributed by atoms with van der Waals surface area (Å²) in [5.74, 6) is -1.13. The van der Waals surface area contributed by atoms with Gasteiger partial charge in [-0.3, -0.25) is 0 Å². The summed E-state index contributed by atoms with van der Waals surface area (Å²) in [6.07, 6.45) is -1.05. The van der Waals surface area contributed by atoms with Crippen LogP contribution in [-0.2, 0) is 9.53 Å². The van der Waals surface area contributed by atoms with E-state index in [9.17, 15) is 9.90 Å². The molecule has 1 heterocycles. The number of ether oxygens (including phenoxy) is 1. The first-order valence-corrected chi connectivity index (χ1v) is 4.11. The van der Waals surface area contributed by atoms with Crippen molar-refractivity contribution in [3.8, 4) is 0 Å². The molecule has 13 heavy (non-hydrogen) atoms. The zero-order chi connectivity index (χ0) is 9.42. The largest absolute Gasteiger partial charge is 0.547 e. The Balaban J connectivity index is 2.12. The first-order chi connectivity index (χ1) is 6.18. The number of carboxylic acid groups (broad SMARTS) is 1. The zero-order valence-corrected chi connectivity index (χ0v) is 7.19. The molecule has 0 radical (unpaired) electrons. The third-order valence-corrected chi connectivity index (χ3v) is 2.13. The lowest BCUT2D eigenvalue weighted by molar-refractivity contribution is -0.307. The zero-order valence-electron chi connectivity index (χ0n) is 7.19. The number of carboxylic acids is 1. The second kappa shape index (κ2) is 2.85. The lowest BCUT2D eigenvalue weighted by Crippen LogP contribution is -2.28. The third-order valence-electron chi connectivity index (χ3n) is 2.13. The number of epoxide rings is 1. The van der Waals surface area contributed by atoms with Crippen molar-refractivity contribution in [1.82, 2.24) is 0 Å². The van der Waals surface area contributed by atoms with Crippen LogP contribution in [0.3, 0.4) is 0 Å². The van der Waals surface area contributed by atoms with Crippen LogP contribution in [0.2, 0.25) is 0 Å². The Labute approximate surface area is 76.0 Å². The number of carbonyl (C=O) groups excluding carboxylic acids is 1. The van der Waals surface area contributed by atoms with Crippen molar-refractivity contribution in [2.75, 3.05) is 0 Å². The first kappa shape index (κ1) is 8.26. The maximum absolute atomic E-state index is 10.4. The van der Waals surface area contributed by atoms with Crippen LogP contribution in [0.1, 0.15) is 17.2 Å². The highest BCUT2D eigenvalue weighted by atomic mass is 16.6. The van der Waals surface area contributed by atoms with Crippen LogP contribution in [0.25, 0.3) is 0 Å². The Kier molecular flexibility index (Phi) is 1.81. The van der Waals surface area contributed by atoms with E-state index in [0.29, 0.717) is 0 Å². The number of aliphatic carboxylic acids is 1. The van der Waals surface area contributed by atoms with E-state index >= 15 is 0 Å². The molecule has 1 aromatic rings. The lowest BCUT2D eigenvalue weighted by Gasteiger charge is -1.97. The highest BCUT2D eigenvalue weighted by Gasteiger charge is 2.41. The van der Waals surface area contributed by atoms with Gasteiger partial charge in [0.25, 0.3) is 0 Å². The molecule has 1 aromatic carbocycles. The van der Waals surface area contributed by atoms with E-state index in [-0.39, 0.29) is 6.10 Å². The minimum Gasteiger partial charge on any atom is -0.547 e. The fourth-order valence-corrected chi connectivity index (χ4v) is 1.30. The van der Waals surface area contributed by atoms with E-state index in [4.69, 9.17) is 4.74 Å². The molecule has 2 atom stereocenters. The number of benzene rings is 1. The molecule has 1 aliphatic heterocycles. The quantitative estimate of drug-likeness (QED) is 0.606. The monoisotopic (exact) mass is 177 g/mol. The smallest absolute Gasteiger partial charge is 0.128 e. The number of hydrogen-bond acceptors (Lipinski definition) is 3. The van der Waals surface area contributed by atoms with Gasteiger partial charge in [0, 0.05) is 0 Å². The van der Waals surface area contributed by atoms with Gasteiger partial charge in [-0.15, -0.1) is 0 Å². The van der Waals surface area contributed by atoms with Gasteiger partial charge in [-0.2, -0.15) is 0 Å². The van der Waals surface area contributed by atoms with Crippen LogP contribution < -0.4 is 5.11 Å². The molecule has 1 fully saturated rings. The molecule has 0 N–H and O–H groups in total. The molecule has 2 unspecified atom stereocenters. The predicted octanol–water partition coefficient (Wildman–Crippen LogP) is 0.185. The second-order valence-electron chi connectivity index (χ2n) is 3.21. The van der Waals surface area contributed by atoms with Crippen molar-refractivity contribution in [2.45, 2.75) is 19.1 Å². The molecule has 0 amide bonds. The lowest BCUT2D eigenvalue weighted by atomic mass is 10.1. The molecule has 2 rings (SSSR count). The highest BCUT2D eigenvalue weighted by Crippen LogP contribution is 2.38. The number of aryl methyl sites for hydroxylation is 1. The molecule has 0 aromatic heterocycles. The van der Waals surface area contributed by atoms with Gasteiger partial charge >= 0.3 is 0 Å².